The van der Waals surface area contributed by atoms with Crippen molar-refractivity contribution in [2.45, 2.75) is 6.42 Å². The van der Waals surface area contributed by atoms with Crippen molar-refractivity contribution >= 4 is 5.78 Å². The summed E-state index contributed by atoms with van der Waals surface area (Å²) in [5.41, 5.74) is 1.05. The molecule has 0 amide bonds. The summed E-state index contributed by atoms with van der Waals surface area (Å²) in [6.45, 7) is 0. The van der Waals surface area contributed by atoms with Gasteiger partial charge in [0.2, 0.25) is 5.88 Å². The minimum atomic E-state index is -0.107. The minimum absolute atomic E-state index is 0.107. The largest absolute Gasteiger partial charge is 0.481 e. The van der Waals surface area contributed by atoms with E-state index in [-0.39, 0.29) is 12.2 Å². The van der Waals surface area contributed by atoms with E-state index >= 15 is 0 Å². The number of ketones is 1. The molecule has 0 aliphatic heterocycles. The molecule has 0 unspecified atom stereocenters. The van der Waals surface area contributed by atoms with Crippen molar-refractivity contribution < 1.29 is 9.53 Å². The summed E-state index contributed by atoms with van der Waals surface area (Å²) in [6, 6.07) is 3.32. The Labute approximate surface area is 98.3 Å². The smallest absolute Gasteiger partial charge is 0.216 e. The predicted molar refractivity (Wildman–Crippen MR) is 59.8 cm³/mol. The zero-order valence-corrected chi connectivity index (χ0v) is 9.62. The van der Waals surface area contributed by atoms with Gasteiger partial charge in [-0.1, -0.05) is 0 Å². The SMILES string of the molecule is COc1cc(C(=O)Cc2ccn(C)n2)ncn1. The zero-order valence-electron chi connectivity index (χ0n) is 9.62. The Morgan fingerprint density at radius 2 is 2.29 bits per heavy atom. The predicted octanol–water partition coefficient (Wildman–Crippen LogP) is 0.644. The van der Waals surface area contributed by atoms with E-state index in [9.17, 15) is 4.79 Å². The number of aromatic nitrogens is 4. The number of nitrogens with zero attached hydrogens (tertiary/aromatic N) is 4. The van der Waals surface area contributed by atoms with Gasteiger partial charge in [0, 0.05) is 19.3 Å². The molecule has 2 heterocycles. The van der Waals surface area contributed by atoms with Gasteiger partial charge >= 0.3 is 0 Å². The van der Waals surface area contributed by atoms with Crippen LogP contribution in [0.1, 0.15) is 16.2 Å². The van der Waals surface area contributed by atoms with Crippen molar-refractivity contribution in [1.82, 2.24) is 19.7 Å². The topological polar surface area (TPSA) is 69.9 Å². The zero-order chi connectivity index (χ0) is 12.3. The lowest BCUT2D eigenvalue weighted by molar-refractivity contribution is 0.0986. The second-order valence-electron chi connectivity index (χ2n) is 3.53. The first kappa shape index (κ1) is 11.3. The van der Waals surface area contributed by atoms with Gasteiger partial charge in [0.15, 0.2) is 5.78 Å². The molecule has 0 atom stereocenters. The second kappa shape index (κ2) is 4.73. The Morgan fingerprint density at radius 1 is 1.47 bits per heavy atom. The third-order valence-electron chi connectivity index (χ3n) is 2.25. The lowest BCUT2D eigenvalue weighted by Crippen LogP contribution is -2.07. The molecule has 88 valence electrons. The first-order chi connectivity index (χ1) is 8.19. The van der Waals surface area contributed by atoms with E-state index in [1.807, 2.05) is 7.05 Å². The Kier molecular flexibility index (Phi) is 3.13. The number of methoxy groups -OCH3 is 1. The van der Waals surface area contributed by atoms with E-state index in [0.717, 1.165) is 5.69 Å². The third-order valence-corrected chi connectivity index (χ3v) is 2.25. The highest BCUT2D eigenvalue weighted by atomic mass is 16.5. The van der Waals surface area contributed by atoms with E-state index in [2.05, 4.69) is 15.1 Å². The van der Waals surface area contributed by atoms with Crippen molar-refractivity contribution in [2.75, 3.05) is 7.11 Å². The molecule has 0 aliphatic carbocycles. The summed E-state index contributed by atoms with van der Waals surface area (Å²) >= 11 is 0. The van der Waals surface area contributed by atoms with Gasteiger partial charge in [-0.15, -0.1) is 0 Å². The Balaban J connectivity index is 2.14. The summed E-state index contributed by atoms with van der Waals surface area (Å²) in [6.07, 6.45) is 3.33. The average Bonchev–Trinajstić information content (AvgIpc) is 2.75. The van der Waals surface area contributed by atoms with E-state index in [4.69, 9.17) is 4.74 Å². The molecule has 0 aromatic carbocycles. The fraction of sp³-hybridized carbons (Fsp3) is 0.273. The van der Waals surface area contributed by atoms with Crippen LogP contribution in [0.5, 0.6) is 5.88 Å². The number of hydrogen-bond donors (Lipinski definition) is 0. The highest BCUT2D eigenvalue weighted by molar-refractivity contribution is 5.95. The van der Waals surface area contributed by atoms with Crippen LogP contribution >= 0.6 is 0 Å². The van der Waals surface area contributed by atoms with Crippen molar-refractivity contribution in [3.8, 4) is 5.88 Å². The number of carbonyl (C=O) groups excluding carboxylic acids is 1. The summed E-state index contributed by atoms with van der Waals surface area (Å²) < 4.78 is 6.59. The maximum absolute atomic E-state index is 11.9. The van der Waals surface area contributed by atoms with Crippen LogP contribution in [0.3, 0.4) is 0 Å². The number of hydrogen-bond acceptors (Lipinski definition) is 5. The van der Waals surface area contributed by atoms with Gasteiger partial charge in [-0.3, -0.25) is 9.48 Å². The fourth-order valence-electron chi connectivity index (χ4n) is 1.42. The molecule has 6 nitrogen and oxygen atoms in total. The number of Topliss-reactive ketones (excluding diaryl/α,β-unsaturated/α-hetero) is 1. The number of rotatable bonds is 4. The van der Waals surface area contributed by atoms with E-state index < -0.39 is 0 Å². The molecule has 6 heteroatoms. The van der Waals surface area contributed by atoms with Crippen molar-refractivity contribution in [3.63, 3.8) is 0 Å². The molecule has 2 aromatic heterocycles. The lowest BCUT2D eigenvalue weighted by atomic mass is 10.1. The summed E-state index contributed by atoms with van der Waals surface area (Å²) in [7, 11) is 3.30. The Morgan fingerprint density at radius 3 is 2.94 bits per heavy atom. The maximum Gasteiger partial charge on any atom is 0.216 e. The van der Waals surface area contributed by atoms with Gasteiger partial charge in [-0.05, 0) is 6.07 Å². The first-order valence-electron chi connectivity index (χ1n) is 5.07. The molecule has 0 fully saturated rings. The standard InChI is InChI=1S/C11H12N4O2/c1-15-4-3-8(14-15)5-10(16)9-6-11(17-2)13-7-12-9/h3-4,6-7H,5H2,1-2H3. The van der Waals surface area contributed by atoms with Crippen LogP contribution < -0.4 is 4.74 Å². The van der Waals surface area contributed by atoms with Gasteiger partial charge in [-0.2, -0.15) is 5.10 Å². The average molecular weight is 232 g/mol. The van der Waals surface area contributed by atoms with Gasteiger partial charge in [0.05, 0.1) is 19.2 Å². The summed E-state index contributed by atoms with van der Waals surface area (Å²) in [5.74, 6) is 0.272. The van der Waals surface area contributed by atoms with Crippen LogP contribution in [0.4, 0.5) is 0 Å². The maximum atomic E-state index is 11.9. The molecule has 0 saturated heterocycles. The molecular weight excluding hydrogens is 220 g/mol. The first-order valence-corrected chi connectivity index (χ1v) is 5.07. The molecular formula is C11H12N4O2. The van der Waals surface area contributed by atoms with Crippen LogP contribution in [-0.2, 0) is 13.5 Å². The normalized spacial score (nSPS) is 10.2. The molecule has 2 aromatic rings. The lowest BCUT2D eigenvalue weighted by Gasteiger charge is -2.00. The minimum Gasteiger partial charge on any atom is -0.481 e. The summed E-state index contributed by atoms with van der Waals surface area (Å²) in [5, 5.41) is 4.14. The number of ether oxygens (including phenoxy) is 1. The third kappa shape index (κ3) is 2.66. The van der Waals surface area contributed by atoms with Crippen molar-refractivity contribution in [2.24, 2.45) is 7.05 Å². The molecule has 0 radical (unpaired) electrons. The molecule has 2 rings (SSSR count). The van der Waals surface area contributed by atoms with Crippen LogP contribution in [0.2, 0.25) is 0 Å². The monoisotopic (exact) mass is 232 g/mol. The van der Waals surface area contributed by atoms with E-state index in [0.29, 0.717) is 11.6 Å². The van der Waals surface area contributed by atoms with Crippen LogP contribution in [0.25, 0.3) is 0 Å². The highest BCUT2D eigenvalue weighted by Gasteiger charge is 2.11. The van der Waals surface area contributed by atoms with E-state index in [1.54, 1.807) is 16.9 Å². The molecule has 0 saturated carbocycles. The highest BCUT2D eigenvalue weighted by Crippen LogP contribution is 2.08. The molecule has 0 spiro atoms. The quantitative estimate of drug-likeness (QED) is 0.724. The second-order valence-corrected chi connectivity index (χ2v) is 3.53. The Bertz CT molecular complexity index is 536. The van der Waals surface area contributed by atoms with Crippen LogP contribution in [-0.4, -0.2) is 32.6 Å². The molecule has 17 heavy (non-hydrogen) atoms. The molecule has 0 bridgehead atoms. The number of carbonyl (C=O) groups is 1. The molecule has 0 N–H and O–H groups in total. The van der Waals surface area contributed by atoms with Gasteiger partial charge in [-0.25, -0.2) is 9.97 Å². The Hall–Kier alpha value is -2.24. The fourth-order valence-corrected chi connectivity index (χ4v) is 1.42. The van der Waals surface area contributed by atoms with Gasteiger partial charge in [0.1, 0.15) is 12.0 Å². The van der Waals surface area contributed by atoms with Crippen molar-refractivity contribution in [3.05, 3.63) is 36.0 Å². The van der Waals surface area contributed by atoms with E-state index in [1.165, 1.54) is 19.5 Å². The van der Waals surface area contributed by atoms with Crippen molar-refractivity contribution in [1.29, 1.82) is 0 Å². The van der Waals surface area contributed by atoms with Gasteiger partial charge in [0.25, 0.3) is 0 Å². The summed E-state index contributed by atoms with van der Waals surface area (Å²) in [4.78, 5) is 19.7. The van der Waals surface area contributed by atoms with Gasteiger partial charge < -0.3 is 4.74 Å². The van der Waals surface area contributed by atoms with Crippen LogP contribution in [0.15, 0.2) is 24.7 Å². The van der Waals surface area contributed by atoms with Crippen LogP contribution in [0, 0.1) is 0 Å². The number of aryl methyl sites for hydroxylation is 1. The molecule has 0 aliphatic rings.